The Morgan fingerprint density at radius 2 is 0.550 bits per heavy atom. The molecule has 0 unspecified atom stereocenters. The third-order valence-corrected chi connectivity index (χ3v) is 10.4. The first-order valence-corrected chi connectivity index (χ1v) is 19.3. The quantitative estimate of drug-likeness (QED) is 0.431. The Morgan fingerprint density at radius 3 is 0.750 bits per heavy atom. The van der Waals surface area contributed by atoms with Crippen LogP contribution in [-0.2, 0) is 0 Å². The Bertz CT molecular complexity index is 173. The monoisotopic (exact) mass is 374 g/mol. The molecule has 0 aromatic heterocycles. The zero-order chi connectivity index (χ0) is 16.1. The molecule has 0 saturated carbocycles. The second-order valence-electron chi connectivity index (χ2n) is 6.52. The molecule has 0 amide bonds. The lowest BCUT2D eigenvalue weighted by molar-refractivity contribution is 1.42. The van der Waals surface area contributed by atoms with Crippen LogP contribution in [0.3, 0.4) is 0 Å². The summed E-state index contributed by atoms with van der Waals surface area (Å²) in [6.07, 6.45) is 9.02. The average Bonchev–Trinajstić information content (AvgIpc) is 2.32. The molecule has 20 heavy (non-hydrogen) atoms. The maximum absolute atomic E-state index is 2.48. The first kappa shape index (κ1) is 24.4. The summed E-state index contributed by atoms with van der Waals surface area (Å²) in [7, 11) is 1.88. The van der Waals surface area contributed by atoms with E-state index in [-0.39, 0.29) is 0 Å². The van der Waals surface area contributed by atoms with Gasteiger partial charge in [0.15, 0.2) is 0 Å². The minimum absolute atomic E-state index is 0.362. The predicted molar refractivity (Wildman–Crippen MR) is 117 cm³/mol. The van der Waals surface area contributed by atoms with E-state index in [0.29, 0.717) is 39.6 Å². The second kappa shape index (κ2) is 16.0. The highest BCUT2D eigenvalue weighted by atomic mass is 31.1. The van der Waals surface area contributed by atoms with Crippen LogP contribution in [-0.4, -0.2) is 97.0 Å². The summed E-state index contributed by atoms with van der Waals surface area (Å²) in [6.45, 7) is 21.5. The van der Waals surface area contributed by atoms with Gasteiger partial charge in [0.1, 0.15) is 0 Å². The first-order valence-electron chi connectivity index (χ1n) is 7.42. The molecular weight excluding hydrogens is 335 g/mol. The van der Waals surface area contributed by atoms with E-state index >= 15 is 0 Å². The van der Waals surface area contributed by atoms with Crippen molar-refractivity contribution in [2.45, 2.75) is 0 Å². The molecule has 0 heterocycles. The van der Waals surface area contributed by atoms with Crippen LogP contribution >= 0.6 is 39.6 Å². The Morgan fingerprint density at radius 1 is 0.350 bits per heavy atom. The fraction of sp³-hybridized carbons (Fsp3) is 1.00. The van der Waals surface area contributed by atoms with Crippen LogP contribution in [0.15, 0.2) is 0 Å². The van der Waals surface area contributed by atoms with Crippen molar-refractivity contribution >= 4 is 39.6 Å². The van der Waals surface area contributed by atoms with Crippen LogP contribution in [0.1, 0.15) is 0 Å². The van der Waals surface area contributed by atoms with Crippen molar-refractivity contribution in [2.75, 3.05) is 97.0 Å². The maximum atomic E-state index is 2.48. The summed E-state index contributed by atoms with van der Waals surface area (Å²) in [4.78, 5) is 0. The molecule has 0 atom stereocenters. The van der Waals surface area contributed by atoms with Gasteiger partial charge in [0.25, 0.3) is 0 Å². The number of hydrogen-bond acceptors (Lipinski definition) is 0. The molecular formula is C15H39P5. The van der Waals surface area contributed by atoms with Crippen LogP contribution in [0.2, 0.25) is 0 Å². The molecule has 0 aromatic rings. The normalized spacial score (nSPS) is 11.7. The summed E-state index contributed by atoms with van der Waals surface area (Å²) in [5.41, 5.74) is 0. The third kappa shape index (κ3) is 25.1. The Hall–Kier alpha value is 2.15. The molecule has 0 aliphatic heterocycles. The molecule has 0 saturated heterocycles. The van der Waals surface area contributed by atoms with Crippen molar-refractivity contribution in [3.63, 3.8) is 0 Å². The Kier molecular flexibility index (Phi) is 19.6. The highest BCUT2D eigenvalue weighted by Crippen LogP contribution is 2.39. The van der Waals surface area contributed by atoms with Crippen molar-refractivity contribution in [1.82, 2.24) is 0 Å². The van der Waals surface area contributed by atoms with Gasteiger partial charge in [-0.3, -0.25) is 0 Å². The van der Waals surface area contributed by atoms with Crippen LogP contribution < -0.4 is 0 Å². The Labute approximate surface area is 136 Å². The van der Waals surface area contributed by atoms with E-state index in [4.69, 9.17) is 0 Å². The van der Waals surface area contributed by atoms with E-state index in [1.807, 2.05) is 0 Å². The van der Waals surface area contributed by atoms with E-state index < -0.39 is 0 Å². The summed E-state index contributed by atoms with van der Waals surface area (Å²) in [5, 5.41) is 0. The van der Waals surface area contributed by atoms with Gasteiger partial charge in [-0.2, -0.15) is 0 Å². The van der Waals surface area contributed by atoms with Gasteiger partial charge in [0, 0.05) is 0 Å². The minimum atomic E-state index is 0.362. The summed E-state index contributed by atoms with van der Waals surface area (Å²) >= 11 is 0. The van der Waals surface area contributed by atoms with E-state index in [1.54, 1.807) is 0 Å². The van der Waals surface area contributed by atoms with Gasteiger partial charge in [-0.05, 0) is 97.0 Å². The highest BCUT2D eigenvalue weighted by molar-refractivity contribution is 7.62. The summed E-state index contributed by atoms with van der Waals surface area (Å²) < 4.78 is 0. The molecule has 0 bridgehead atoms. The van der Waals surface area contributed by atoms with Gasteiger partial charge in [-0.1, -0.05) is 0 Å². The van der Waals surface area contributed by atoms with Crippen LogP contribution in [0, 0.1) is 0 Å². The summed E-state index contributed by atoms with van der Waals surface area (Å²) in [5.74, 6) is 0. The van der Waals surface area contributed by atoms with Crippen molar-refractivity contribution in [3.05, 3.63) is 0 Å². The van der Waals surface area contributed by atoms with E-state index in [9.17, 15) is 0 Å². The SMILES string of the molecule is CP(C)CCP(C)C.CP(C)CCP(C)CCP(C)C. The molecule has 0 nitrogen and oxygen atoms in total. The molecule has 0 spiro atoms. The molecule has 0 aromatic carbocycles. The van der Waals surface area contributed by atoms with Crippen molar-refractivity contribution in [2.24, 2.45) is 0 Å². The lowest BCUT2D eigenvalue weighted by Gasteiger charge is -2.15. The van der Waals surface area contributed by atoms with Gasteiger partial charge in [0.2, 0.25) is 0 Å². The maximum Gasteiger partial charge on any atom is -0.0289 e. The fourth-order valence-electron chi connectivity index (χ4n) is 1.25. The predicted octanol–water partition coefficient (Wildman–Crippen LogP) is 6.05. The molecule has 124 valence electrons. The average molecular weight is 374 g/mol. The van der Waals surface area contributed by atoms with Crippen LogP contribution in [0.5, 0.6) is 0 Å². The zero-order valence-corrected chi connectivity index (χ0v) is 20.0. The second-order valence-corrected chi connectivity index (χ2v) is 19.5. The topological polar surface area (TPSA) is 0 Å². The smallest absolute Gasteiger partial charge is 0.0289 e. The van der Waals surface area contributed by atoms with E-state index in [2.05, 4.69) is 60.0 Å². The summed E-state index contributed by atoms with van der Waals surface area (Å²) in [6, 6.07) is 0. The standard InChI is InChI=1S/C9H23P3.C6H16P2/c1-10(2)6-8-12(5)9-7-11(3)4;1-7(2)5-6-8(3)4/h6-9H2,1-5H3;5-6H2,1-4H3. The lowest BCUT2D eigenvalue weighted by atomic mass is 10.9. The molecule has 5 heteroatoms. The molecule has 0 N–H and O–H groups in total. The van der Waals surface area contributed by atoms with Gasteiger partial charge in [0.05, 0.1) is 0 Å². The largest absolute Gasteiger partial charge is 0.113 e. The van der Waals surface area contributed by atoms with E-state index in [0.717, 1.165) is 0 Å². The number of rotatable bonds is 9. The van der Waals surface area contributed by atoms with Gasteiger partial charge in [-0.25, -0.2) is 0 Å². The van der Waals surface area contributed by atoms with Crippen molar-refractivity contribution < 1.29 is 0 Å². The molecule has 0 radical (unpaired) electrons. The lowest BCUT2D eigenvalue weighted by Crippen LogP contribution is -1.96. The van der Waals surface area contributed by atoms with Gasteiger partial charge >= 0.3 is 0 Å². The third-order valence-electron chi connectivity index (χ3n) is 2.85. The van der Waals surface area contributed by atoms with Crippen LogP contribution in [0.25, 0.3) is 0 Å². The Balaban J connectivity index is 0. The van der Waals surface area contributed by atoms with Gasteiger partial charge in [-0.15, -0.1) is 39.6 Å². The molecule has 0 aliphatic carbocycles. The zero-order valence-electron chi connectivity index (χ0n) is 15.5. The molecule has 0 aliphatic rings. The number of hydrogen-bond donors (Lipinski definition) is 0. The highest BCUT2D eigenvalue weighted by Gasteiger charge is 2.03. The van der Waals surface area contributed by atoms with Crippen molar-refractivity contribution in [3.8, 4) is 0 Å². The minimum Gasteiger partial charge on any atom is -0.113 e. The molecule has 0 fully saturated rings. The van der Waals surface area contributed by atoms with Crippen molar-refractivity contribution in [1.29, 1.82) is 0 Å². The van der Waals surface area contributed by atoms with E-state index in [1.165, 1.54) is 37.0 Å². The fourth-order valence-corrected chi connectivity index (χ4v) is 10.6. The first-order chi connectivity index (χ1) is 9.15. The molecule has 0 rings (SSSR count). The van der Waals surface area contributed by atoms with Crippen LogP contribution in [0.4, 0.5) is 0 Å². The van der Waals surface area contributed by atoms with Gasteiger partial charge < -0.3 is 0 Å².